The molecule has 0 saturated heterocycles. The van der Waals surface area contributed by atoms with E-state index < -0.39 is 0 Å². The van der Waals surface area contributed by atoms with E-state index in [4.69, 9.17) is 9.47 Å². The molecule has 154 valence electrons. The normalized spacial score (nSPS) is 16.7. The molecule has 0 saturated carbocycles. The first kappa shape index (κ1) is 25.3. The Balaban J connectivity index is 4.40. The van der Waals surface area contributed by atoms with Gasteiger partial charge in [-0.3, -0.25) is 0 Å². The van der Waals surface area contributed by atoms with Crippen molar-refractivity contribution in [3.8, 4) is 0 Å². The quantitative estimate of drug-likeness (QED) is 0.283. The van der Waals surface area contributed by atoms with Gasteiger partial charge >= 0.3 is 0 Å². The third kappa shape index (κ3) is 11.1. The highest BCUT2D eigenvalue weighted by Gasteiger charge is 2.18. The molecule has 0 aromatic heterocycles. The first-order valence-electron chi connectivity index (χ1n) is 10.1. The van der Waals surface area contributed by atoms with Crippen LogP contribution in [-0.4, -0.2) is 36.8 Å². The van der Waals surface area contributed by atoms with Crippen LogP contribution in [0.25, 0.3) is 0 Å². The fourth-order valence-corrected chi connectivity index (χ4v) is 2.64. The predicted molar refractivity (Wildman–Crippen MR) is 114 cm³/mol. The molecule has 4 nitrogen and oxygen atoms in total. The van der Waals surface area contributed by atoms with Gasteiger partial charge in [-0.25, -0.2) is 0 Å². The third-order valence-electron chi connectivity index (χ3n) is 5.73. The van der Waals surface area contributed by atoms with E-state index in [1.807, 2.05) is 0 Å². The van der Waals surface area contributed by atoms with Gasteiger partial charge < -0.3 is 9.47 Å². The lowest BCUT2D eigenvalue weighted by atomic mass is 9.94. The average molecular weight is 369 g/mol. The Morgan fingerprint density at radius 3 is 1.31 bits per heavy atom. The van der Waals surface area contributed by atoms with Crippen LogP contribution in [0.4, 0.5) is 0 Å². The molecule has 0 aromatic carbocycles. The van der Waals surface area contributed by atoms with Crippen molar-refractivity contribution in [1.82, 2.24) is 0 Å². The van der Waals surface area contributed by atoms with Gasteiger partial charge in [0.05, 0.1) is 11.2 Å². The summed E-state index contributed by atoms with van der Waals surface area (Å²) in [6.07, 6.45) is 6.67. The Morgan fingerprint density at radius 2 is 1.04 bits per heavy atom. The van der Waals surface area contributed by atoms with Gasteiger partial charge in [0.1, 0.15) is 0 Å². The molecule has 26 heavy (non-hydrogen) atoms. The third-order valence-corrected chi connectivity index (χ3v) is 5.73. The first-order chi connectivity index (χ1) is 11.9. The maximum absolute atomic E-state index is 5.49. The molecular formula is C22H44N2O2. The van der Waals surface area contributed by atoms with Crippen LogP contribution in [0, 0.1) is 11.8 Å². The summed E-state index contributed by atoms with van der Waals surface area (Å²) in [6, 6.07) is 0. The molecule has 0 rings (SSSR count). The lowest BCUT2D eigenvalue weighted by molar-refractivity contribution is 0.0129. The molecular weight excluding hydrogens is 324 g/mol. The van der Waals surface area contributed by atoms with Crippen molar-refractivity contribution in [2.75, 3.05) is 14.2 Å². The van der Waals surface area contributed by atoms with Crippen LogP contribution in [0.1, 0.15) is 93.9 Å². The van der Waals surface area contributed by atoms with E-state index in [9.17, 15) is 0 Å². The molecule has 0 aliphatic heterocycles. The fraction of sp³-hybridized carbons (Fsp3) is 0.909. The van der Waals surface area contributed by atoms with Crippen molar-refractivity contribution in [1.29, 1.82) is 0 Å². The van der Waals surface area contributed by atoms with Gasteiger partial charge in [0.25, 0.3) is 0 Å². The topological polar surface area (TPSA) is 43.2 Å². The van der Waals surface area contributed by atoms with Gasteiger partial charge in [0, 0.05) is 25.6 Å². The number of hydrogen-bond donors (Lipinski definition) is 0. The minimum atomic E-state index is -0.0354. The van der Waals surface area contributed by atoms with Gasteiger partial charge in [-0.2, -0.15) is 10.2 Å². The minimum Gasteiger partial charge on any atom is -0.379 e. The van der Waals surface area contributed by atoms with Crippen molar-refractivity contribution in [2.24, 2.45) is 22.0 Å². The van der Waals surface area contributed by atoms with Crippen LogP contribution in [0.5, 0.6) is 0 Å². The summed E-state index contributed by atoms with van der Waals surface area (Å²) in [5.41, 5.74) is 2.16. The van der Waals surface area contributed by atoms with Gasteiger partial charge in [-0.15, -0.1) is 0 Å². The largest absolute Gasteiger partial charge is 0.379 e. The zero-order valence-corrected chi connectivity index (χ0v) is 19.1. The highest BCUT2D eigenvalue weighted by atomic mass is 16.5. The summed E-state index contributed by atoms with van der Waals surface area (Å²) in [5, 5.41) is 9.00. The van der Waals surface area contributed by atoms with E-state index in [0.29, 0.717) is 11.8 Å². The summed E-state index contributed by atoms with van der Waals surface area (Å²) in [6.45, 7) is 17.2. The Kier molecular flexibility index (Phi) is 11.5. The molecule has 0 N–H and O–H groups in total. The van der Waals surface area contributed by atoms with E-state index in [2.05, 4.69) is 65.6 Å². The number of nitrogens with zero attached hydrogens (tertiary/aromatic N) is 2. The maximum atomic E-state index is 5.49. The monoisotopic (exact) mass is 368 g/mol. The molecule has 0 aliphatic rings. The van der Waals surface area contributed by atoms with Crippen LogP contribution < -0.4 is 0 Å². The number of rotatable bonds is 13. The molecule has 0 aliphatic carbocycles. The van der Waals surface area contributed by atoms with Crippen molar-refractivity contribution < 1.29 is 9.47 Å². The maximum Gasteiger partial charge on any atom is 0.0622 e. The van der Waals surface area contributed by atoms with Crippen molar-refractivity contribution in [3.05, 3.63) is 0 Å². The Hall–Kier alpha value is -0.740. The Bertz CT molecular complexity index is 411. The smallest absolute Gasteiger partial charge is 0.0622 e. The van der Waals surface area contributed by atoms with E-state index in [1.54, 1.807) is 14.2 Å². The van der Waals surface area contributed by atoms with Gasteiger partial charge in [-0.05, 0) is 91.9 Å². The SMILES string of the molecule is COC(C)(C)CCCC(C)C(C)=NN=C(C)C(C)CCCC(C)(C)OC. The summed E-state index contributed by atoms with van der Waals surface area (Å²) in [7, 11) is 3.57. The second kappa shape index (κ2) is 11.9. The molecule has 0 aromatic rings. The molecule has 2 unspecified atom stereocenters. The molecule has 0 heterocycles. The van der Waals surface area contributed by atoms with Crippen molar-refractivity contribution in [2.45, 2.75) is 105 Å². The average Bonchev–Trinajstić information content (AvgIpc) is 2.58. The first-order valence-corrected chi connectivity index (χ1v) is 10.1. The van der Waals surface area contributed by atoms with E-state index in [0.717, 1.165) is 49.9 Å². The zero-order valence-electron chi connectivity index (χ0n) is 19.1. The molecule has 2 atom stereocenters. The second-order valence-corrected chi connectivity index (χ2v) is 9.00. The summed E-state index contributed by atoms with van der Waals surface area (Å²) in [5.74, 6) is 0.911. The molecule has 0 radical (unpaired) electrons. The van der Waals surface area contributed by atoms with E-state index in [-0.39, 0.29) is 11.2 Å². The van der Waals surface area contributed by atoms with Gasteiger partial charge in [0.2, 0.25) is 0 Å². The van der Waals surface area contributed by atoms with Crippen LogP contribution in [0.15, 0.2) is 10.2 Å². The van der Waals surface area contributed by atoms with Crippen molar-refractivity contribution >= 4 is 11.4 Å². The molecule has 0 fully saturated rings. The molecule has 4 heteroatoms. The lowest BCUT2D eigenvalue weighted by Gasteiger charge is -2.23. The van der Waals surface area contributed by atoms with Crippen molar-refractivity contribution in [3.63, 3.8) is 0 Å². The van der Waals surface area contributed by atoms with Crippen LogP contribution in [0.2, 0.25) is 0 Å². The lowest BCUT2D eigenvalue weighted by Crippen LogP contribution is -2.22. The second-order valence-electron chi connectivity index (χ2n) is 9.00. The van der Waals surface area contributed by atoms with Crippen LogP contribution >= 0.6 is 0 Å². The number of hydrogen-bond acceptors (Lipinski definition) is 4. The van der Waals surface area contributed by atoms with E-state index >= 15 is 0 Å². The number of methoxy groups -OCH3 is 2. The van der Waals surface area contributed by atoms with Crippen LogP contribution in [-0.2, 0) is 9.47 Å². The standard InChI is InChI=1S/C22H44N2O2/c1-17(13-11-15-21(5,6)25-9)19(3)23-24-20(4)18(2)14-12-16-22(7,8)26-10/h17-18H,11-16H2,1-10H3. The van der Waals surface area contributed by atoms with Gasteiger partial charge in [-0.1, -0.05) is 13.8 Å². The highest BCUT2D eigenvalue weighted by molar-refractivity contribution is 5.87. The van der Waals surface area contributed by atoms with E-state index in [1.165, 1.54) is 0 Å². The summed E-state index contributed by atoms with van der Waals surface area (Å²) in [4.78, 5) is 0. The predicted octanol–water partition coefficient (Wildman–Crippen LogP) is 6.29. The van der Waals surface area contributed by atoms with Gasteiger partial charge in [0.15, 0.2) is 0 Å². The number of ether oxygens (including phenoxy) is 2. The summed E-state index contributed by atoms with van der Waals surface area (Å²) >= 11 is 0. The Labute approximate surface area is 162 Å². The zero-order chi connectivity index (χ0) is 20.4. The molecule has 0 spiro atoms. The molecule has 0 bridgehead atoms. The summed E-state index contributed by atoms with van der Waals surface area (Å²) < 4.78 is 11.0. The highest BCUT2D eigenvalue weighted by Crippen LogP contribution is 2.21. The van der Waals surface area contributed by atoms with Crippen LogP contribution in [0.3, 0.4) is 0 Å². The Morgan fingerprint density at radius 1 is 0.731 bits per heavy atom. The molecule has 0 amide bonds. The minimum absolute atomic E-state index is 0.0354. The fourth-order valence-electron chi connectivity index (χ4n) is 2.64.